The lowest BCUT2D eigenvalue weighted by molar-refractivity contribution is 0.292. The summed E-state index contributed by atoms with van der Waals surface area (Å²) in [5, 5.41) is 7.95. The molecule has 4 heteroatoms. The SMILES string of the molecule is CC1(NC(=S)Nc2ccccc2Cl)CCCCC1. The monoisotopic (exact) mass is 282 g/mol. The van der Waals surface area contributed by atoms with Crippen LogP contribution in [0.15, 0.2) is 24.3 Å². The number of para-hydroxylation sites is 1. The number of benzene rings is 1. The van der Waals surface area contributed by atoms with Crippen LogP contribution in [0.2, 0.25) is 5.02 Å². The maximum absolute atomic E-state index is 6.10. The molecular formula is C14H19ClN2S. The Hall–Kier alpha value is -0.800. The Kier molecular flexibility index (Phi) is 4.46. The molecule has 1 saturated carbocycles. The van der Waals surface area contributed by atoms with Gasteiger partial charge in [-0.1, -0.05) is 43.0 Å². The minimum Gasteiger partial charge on any atom is -0.357 e. The Morgan fingerprint density at radius 3 is 2.56 bits per heavy atom. The van der Waals surface area contributed by atoms with Gasteiger partial charge in [0.1, 0.15) is 0 Å². The second-order valence-electron chi connectivity index (χ2n) is 5.18. The average molecular weight is 283 g/mol. The van der Waals surface area contributed by atoms with Crippen LogP contribution in [0.4, 0.5) is 5.69 Å². The number of nitrogens with one attached hydrogen (secondary N) is 2. The Morgan fingerprint density at radius 1 is 1.22 bits per heavy atom. The van der Waals surface area contributed by atoms with Crippen molar-refractivity contribution in [2.45, 2.75) is 44.6 Å². The van der Waals surface area contributed by atoms with E-state index in [1.54, 1.807) is 0 Å². The maximum Gasteiger partial charge on any atom is 0.171 e. The summed E-state index contributed by atoms with van der Waals surface area (Å²) in [4.78, 5) is 0. The van der Waals surface area contributed by atoms with Crippen LogP contribution in [0.3, 0.4) is 0 Å². The molecule has 1 aliphatic carbocycles. The van der Waals surface area contributed by atoms with Gasteiger partial charge >= 0.3 is 0 Å². The second-order valence-corrected chi connectivity index (χ2v) is 6.00. The quantitative estimate of drug-likeness (QED) is 0.789. The summed E-state index contributed by atoms with van der Waals surface area (Å²) in [5.74, 6) is 0. The first kappa shape index (κ1) is 13.6. The van der Waals surface area contributed by atoms with E-state index in [1.807, 2.05) is 24.3 Å². The molecule has 0 bridgehead atoms. The van der Waals surface area contributed by atoms with Crippen LogP contribution < -0.4 is 10.6 Å². The Bertz CT molecular complexity index is 428. The molecule has 1 aromatic rings. The summed E-state index contributed by atoms with van der Waals surface area (Å²) < 4.78 is 0. The minimum absolute atomic E-state index is 0.129. The first-order valence-corrected chi connectivity index (χ1v) is 7.21. The van der Waals surface area contributed by atoms with E-state index in [1.165, 1.54) is 32.1 Å². The molecule has 2 rings (SSSR count). The van der Waals surface area contributed by atoms with Gasteiger partial charge < -0.3 is 10.6 Å². The van der Waals surface area contributed by atoms with Crippen molar-refractivity contribution in [2.24, 2.45) is 0 Å². The molecule has 0 radical (unpaired) electrons. The lowest BCUT2D eigenvalue weighted by Crippen LogP contribution is -2.48. The van der Waals surface area contributed by atoms with Crippen molar-refractivity contribution in [1.29, 1.82) is 0 Å². The van der Waals surface area contributed by atoms with Gasteiger partial charge in [-0.3, -0.25) is 0 Å². The molecule has 2 N–H and O–H groups in total. The van der Waals surface area contributed by atoms with Crippen LogP contribution in [0, 0.1) is 0 Å². The fourth-order valence-electron chi connectivity index (χ4n) is 2.45. The van der Waals surface area contributed by atoms with E-state index in [0.29, 0.717) is 10.1 Å². The van der Waals surface area contributed by atoms with Crippen molar-refractivity contribution in [1.82, 2.24) is 5.32 Å². The number of hydrogen-bond acceptors (Lipinski definition) is 1. The lowest BCUT2D eigenvalue weighted by atomic mass is 9.83. The highest BCUT2D eigenvalue weighted by molar-refractivity contribution is 7.80. The standard InChI is InChI=1S/C14H19ClN2S/c1-14(9-5-2-6-10-14)17-13(18)16-12-8-4-3-7-11(12)15/h3-4,7-8H,2,5-6,9-10H2,1H3,(H2,16,17,18). The molecule has 18 heavy (non-hydrogen) atoms. The van der Waals surface area contributed by atoms with Crippen molar-refractivity contribution in [3.8, 4) is 0 Å². The van der Waals surface area contributed by atoms with Gasteiger partial charge in [0.2, 0.25) is 0 Å². The predicted molar refractivity (Wildman–Crippen MR) is 82.3 cm³/mol. The molecule has 0 spiro atoms. The summed E-state index contributed by atoms with van der Waals surface area (Å²) in [5.41, 5.74) is 0.986. The number of thiocarbonyl (C=S) groups is 1. The van der Waals surface area contributed by atoms with Crippen molar-refractivity contribution < 1.29 is 0 Å². The smallest absolute Gasteiger partial charge is 0.171 e. The predicted octanol–water partition coefficient (Wildman–Crippen LogP) is 4.35. The van der Waals surface area contributed by atoms with Gasteiger partial charge in [-0.2, -0.15) is 0 Å². The lowest BCUT2D eigenvalue weighted by Gasteiger charge is -2.35. The Balaban J connectivity index is 1.94. The molecule has 0 atom stereocenters. The molecule has 0 aliphatic heterocycles. The summed E-state index contributed by atoms with van der Waals surface area (Å²) in [7, 11) is 0. The molecule has 98 valence electrons. The summed E-state index contributed by atoms with van der Waals surface area (Å²) >= 11 is 11.5. The van der Waals surface area contributed by atoms with Crippen LogP contribution in [-0.2, 0) is 0 Å². The van der Waals surface area contributed by atoms with Crippen LogP contribution in [0.1, 0.15) is 39.0 Å². The van der Waals surface area contributed by atoms with Crippen molar-refractivity contribution in [3.05, 3.63) is 29.3 Å². The van der Waals surface area contributed by atoms with Gasteiger partial charge in [0.15, 0.2) is 5.11 Å². The van der Waals surface area contributed by atoms with Crippen molar-refractivity contribution in [2.75, 3.05) is 5.32 Å². The van der Waals surface area contributed by atoms with Gasteiger partial charge in [0.05, 0.1) is 10.7 Å². The molecule has 1 aromatic carbocycles. The van der Waals surface area contributed by atoms with E-state index < -0.39 is 0 Å². The average Bonchev–Trinajstić information content (AvgIpc) is 2.32. The van der Waals surface area contributed by atoms with E-state index >= 15 is 0 Å². The van der Waals surface area contributed by atoms with Crippen LogP contribution in [0.25, 0.3) is 0 Å². The maximum atomic E-state index is 6.10. The van der Waals surface area contributed by atoms with Crippen LogP contribution in [0.5, 0.6) is 0 Å². The van der Waals surface area contributed by atoms with Gasteiger partial charge in [-0.05, 0) is 44.1 Å². The summed E-state index contributed by atoms with van der Waals surface area (Å²) in [6.45, 7) is 2.24. The largest absolute Gasteiger partial charge is 0.357 e. The zero-order valence-electron chi connectivity index (χ0n) is 10.6. The minimum atomic E-state index is 0.129. The van der Waals surface area contributed by atoms with E-state index in [-0.39, 0.29) is 5.54 Å². The molecule has 1 aliphatic rings. The number of hydrogen-bond donors (Lipinski definition) is 2. The normalized spacial score (nSPS) is 18.1. The number of anilines is 1. The topological polar surface area (TPSA) is 24.1 Å². The second kappa shape index (κ2) is 5.89. The third-order valence-electron chi connectivity index (χ3n) is 3.49. The van der Waals surface area contributed by atoms with E-state index in [0.717, 1.165) is 5.69 Å². The summed E-state index contributed by atoms with van der Waals surface area (Å²) in [6, 6.07) is 7.64. The summed E-state index contributed by atoms with van der Waals surface area (Å²) in [6.07, 6.45) is 6.24. The molecular weight excluding hydrogens is 264 g/mol. The van der Waals surface area contributed by atoms with E-state index in [4.69, 9.17) is 23.8 Å². The van der Waals surface area contributed by atoms with Crippen molar-refractivity contribution in [3.63, 3.8) is 0 Å². The highest BCUT2D eigenvalue weighted by atomic mass is 35.5. The molecule has 0 amide bonds. The molecule has 2 nitrogen and oxygen atoms in total. The van der Waals surface area contributed by atoms with Gasteiger partial charge in [0, 0.05) is 5.54 Å². The zero-order valence-corrected chi connectivity index (χ0v) is 12.2. The first-order valence-electron chi connectivity index (χ1n) is 6.43. The number of rotatable bonds is 2. The van der Waals surface area contributed by atoms with Crippen LogP contribution >= 0.6 is 23.8 Å². The molecule has 0 aromatic heterocycles. The fourth-order valence-corrected chi connectivity index (χ4v) is 2.99. The third kappa shape index (κ3) is 3.59. The van der Waals surface area contributed by atoms with E-state index in [2.05, 4.69) is 17.6 Å². The van der Waals surface area contributed by atoms with Gasteiger partial charge in [-0.15, -0.1) is 0 Å². The van der Waals surface area contributed by atoms with E-state index in [9.17, 15) is 0 Å². The van der Waals surface area contributed by atoms with Gasteiger partial charge in [-0.25, -0.2) is 0 Å². The Labute approximate surface area is 119 Å². The highest BCUT2D eigenvalue weighted by Crippen LogP contribution is 2.28. The van der Waals surface area contributed by atoms with Crippen molar-refractivity contribution >= 4 is 34.6 Å². The molecule has 0 saturated heterocycles. The van der Waals surface area contributed by atoms with Gasteiger partial charge in [0.25, 0.3) is 0 Å². The first-order chi connectivity index (χ1) is 8.59. The molecule has 1 fully saturated rings. The number of halogens is 1. The third-order valence-corrected chi connectivity index (χ3v) is 4.03. The fraction of sp³-hybridized carbons (Fsp3) is 0.500. The Morgan fingerprint density at radius 2 is 1.89 bits per heavy atom. The highest BCUT2D eigenvalue weighted by Gasteiger charge is 2.27. The van der Waals surface area contributed by atoms with Crippen LogP contribution in [-0.4, -0.2) is 10.7 Å². The zero-order chi connectivity index (χ0) is 13.0. The molecule has 0 unspecified atom stereocenters. The molecule has 0 heterocycles.